The first-order valence-electron chi connectivity index (χ1n) is 5.37. The van der Waals surface area contributed by atoms with Crippen LogP contribution in [0.15, 0.2) is 36.4 Å². The normalized spacial score (nSPS) is 10.0. The summed E-state index contributed by atoms with van der Waals surface area (Å²) < 4.78 is 19.1. The van der Waals surface area contributed by atoms with E-state index in [1.807, 2.05) is 6.07 Å². The van der Waals surface area contributed by atoms with Gasteiger partial charge in [-0.25, -0.2) is 4.39 Å². The van der Waals surface area contributed by atoms with Crippen LogP contribution in [0.1, 0.15) is 11.1 Å². The van der Waals surface area contributed by atoms with Gasteiger partial charge in [0.15, 0.2) is 0 Å². The first-order valence-corrected chi connectivity index (χ1v) is 6.12. The molecule has 0 radical (unpaired) electrons. The topological polar surface area (TPSA) is 33.0 Å². The Balaban J connectivity index is 2.21. The SMILES string of the molecule is N#Cc1ccc(Cl)cc1OCc1cccc(Cl)c1F. The van der Waals surface area contributed by atoms with E-state index < -0.39 is 5.82 Å². The van der Waals surface area contributed by atoms with E-state index >= 15 is 0 Å². The second-order valence-corrected chi connectivity index (χ2v) is 4.60. The van der Waals surface area contributed by atoms with Gasteiger partial charge in [0.25, 0.3) is 0 Å². The van der Waals surface area contributed by atoms with Crippen LogP contribution in [0.2, 0.25) is 10.0 Å². The number of rotatable bonds is 3. The maximum absolute atomic E-state index is 13.7. The van der Waals surface area contributed by atoms with Crippen molar-refractivity contribution in [3.8, 4) is 11.8 Å². The summed E-state index contributed by atoms with van der Waals surface area (Å²) in [4.78, 5) is 0. The van der Waals surface area contributed by atoms with E-state index in [-0.39, 0.29) is 11.6 Å². The zero-order valence-electron chi connectivity index (χ0n) is 9.66. The minimum absolute atomic E-state index is 0.0264. The van der Waals surface area contributed by atoms with Crippen molar-refractivity contribution in [3.05, 3.63) is 63.4 Å². The van der Waals surface area contributed by atoms with Gasteiger partial charge in [-0.15, -0.1) is 0 Å². The summed E-state index contributed by atoms with van der Waals surface area (Å²) in [6.45, 7) is -0.0264. The summed E-state index contributed by atoms with van der Waals surface area (Å²) in [6.07, 6.45) is 0. The van der Waals surface area contributed by atoms with Gasteiger partial charge in [0.2, 0.25) is 0 Å². The third kappa shape index (κ3) is 3.17. The largest absolute Gasteiger partial charge is 0.487 e. The lowest BCUT2D eigenvalue weighted by molar-refractivity contribution is 0.299. The molecule has 0 saturated carbocycles. The van der Waals surface area contributed by atoms with Gasteiger partial charge in [-0.3, -0.25) is 0 Å². The average molecular weight is 296 g/mol. The van der Waals surface area contributed by atoms with Crippen LogP contribution < -0.4 is 4.74 Å². The van der Waals surface area contributed by atoms with Crippen molar-refractivity contribution in [2.75, 3.05) is 0 Å². The molecule has 2 aromatic carbocycles. The van der Waals surface area contributed by atoms with Gasteiger partial charge >= 0.3 is 0 Å². The van der Waals surface area contributed by atoms with Crippen LogP contribution in [0.4, 0.5) is 4.39 Å². The molecule has 2 rings (SSSR count). The van der Waals surface area contributed by atoms with Gasteiger partial charge in [-0.05, 0) is 18.2 Å². The monoisotopic (exact) mass is 295 g/mol. The highest BCUT2D eigenvalue weighted by atomic mass is 35.5. The molecule has 0 N–H and O–H groups in total. The Bertz CT molecular complexity index is 652. The smallest absolute Gasteiger partial charge is 0.148 e. The van der Waals surface area contributed by atoms with Crippen LogP contribution >= 0.6 is 23.2 Å². The number of hydrogen-bond donors (Lipinski definition) is 0. The van der Waals surface area contributed by atoms with Gasteiger partial charge in [-0.2, -0.15) is 5.26 Å². The molecular weight excluding hydrogens is 288 g/mol. The lowest BCUT2D eigenvalue weighted by atomic mass is 10.2. The lowest BCUT2D eigenvalue weighted by Gasteiger charge is -2.09. The van der Waals surface area contributed by atoms with E-state index in [0.717, 1.165) is 0 Å². The molecule has 96 valence electrons. The van der Waals surface area contributed by atoms with Gasteiger partial charge in [0.05, 0.1) is 10.6 Å². The summed E-state index contributed by atoms with van der Waals surface area (Å²) in [5, 5.41) is 9.42. The van der Waals surface area contributed by atoms with Crippen LogP contribution in [0.3, 0.4) is 0 Å². The molecule has 0 heterocycles. The highest BCUT2D eigenvalue weighted by Crippen LogP contribution is 2.25. The molecule has 0 spiro atoms. The summed E-state index contributed by atoms with van der Waals surface area (Å²) in [7, 11) is 0. The molecule has 0 amide bonds. The quantitative estimate of drug-likeness (QED) is 0.830. The molecule has 0 bridgehead atoms. The highest BCUT2D eigenvalue weighted by molar-refractivity contribution is 6.31. The Morgan fingerprint density at radius 3 is 2.74 bits per heavy atom. The second-order valence-electron chi connectivity index (χ2n) is 3.75. The van der Waals surface area contributed by atoms with Crippen molar-refractivity contribution < 1.29 is 9.13 Å². The van der Waals surface area contributed by atoms with E-state index in [1.54, 1.807) is 24.3 Å². The van der Waals surface area contributed by atoms with Crippen molar-refractivity contribution in [3.63, 3.8) is 0 Å². The number of ether oxygens (including phenoxy) is 1. The summed E-state index contributed by atoms with van der Waals surface area (Å²) in [5.74, 6) is -0.209. The van der Waals surface area contributed by atoms with Crippen LogP contribution in [0, 0.1) is 17.1 Å². The van der Waals surface area contributed by atoms with Gasteiger partial charge in [0, 0.05) is 16.7 Å². The van der Waals surface area contributed by atoms with E-state index in [0.29, 0.717) is 21.9 Å². The van der Waals surface area contributed by atoms with Crippen LogP contribution in [-0.4, -0.2) is 0 Å². The Labute approximate surface area is 119 Å². The maximum atomic E-state index is 13.7. The fourth-order valence-corrected chi connectivity index (χ4v) is 1.88. The van der Waals surface area contributed by atoms with Crippen molar-refractivity contribution in [2.24, 2.45) is 0 Å². The molecule has 0 aliphatic rings. The molecule has 0 aliphatic heterocycles. The third-order valence-electron chi connectivity index (χ3n) is 2.48. The van der Waals surface area contributed by atoms with Crippen LogP contribution in [0.25, 0.3) is 0 Å². The number of nitrogens with zero attached hydrogens (tertiary/aromatic N) is 1. The van der Waals surface area contributed by atoms with E-state index in [4.69, 9.17) is 33.2 Å². The Morgan fingerprint density at radius 1 is 1.21 bits per heavy atom. The lowest BCUT2D eigenvalue weighted by Crippen LogP contribution is -2.00. The molecule has 0 atom stereocenters. The molecule has 0 unspecified atom stereocenters. The van der Waals surface area contributed by atoms with Gasteiger partial charge in [-0.1, -0.05) is 35.3 Å². The Hall–Kier alpha value is -1.76. The van der Waals surface area contributed by atoms with E-state index in [2.05, 4.69) is 0 Å². The second kappa shape index (κ2) is 5.92. The first-order chi connectivity index (χ1) is 9.11. The molecule has 2 nitrogen and oxygen atoms in total. The maximum Gasteiger partial charge on any atom is 0.148 e. The minimum Gasteiger partial charge on any atom is -0.487 e. The Morgan fingerprint density at radius 2 is 2.00 bits per heavy atom. The van der Waals surface area contributed by atoms with Gasteiger partial charge < -0.3 is 4.74 Å². The average Bonchev–Trinajstić information content (AvgIpc) is 2.40. The first kappa shape index (κ1) is 13.7. The van der Waals surface area contributed by atoms with E-state index in [9.17, 15) is 4.39 Å². The standard InChI is InChI=1S/C14H8Cl2FNO/c15-11-5-4-9(7-18)13(6-11)19-8-10-2-1-3-12(16)14(10)17/h1-6H,8H2. The fraction of sp³-hybridized carbons (Fsp3) is 0.0714. The molecule has 2 aromatic rings. The molecule has 19 heavy (non-hydrogen) atoms. The molecule has 0 fully saturated rings. The number of halogens is 3. The zero-order valence-corrected chi connectivity index (χ0v) is 11.2. The number of nitriles is 1. The number of benzene rings is 2. The molecule has 0 aromatic heterocycles. The van der Waals surface area contributed by atoms with Crippen LogP contribution in [-0.2, 0) is 6.61 Å². The Kier molecular flexibility index (Phi) is 4.26. The van der Waals surface area contributed by atoms with Crippen LogP contribution in [0.5, 0.6) is 5.75 Å². The predicted molar refractivity (Wildman–Crippen MR) is 71.9 cm³/mol. The summed E-state index contributed by atoms with van der Waals surface area (Å²) in [5.41, 5.74) is 0.656. The van der Waals surface area contributed by atoms with Gasteiger partial charge in [0.1, 0.15) is 24.2 Å². The molecular formula is C14H8Cl2FNO. The molecule has 0 saturated heterocycles. The minimum atomic E-state index is -0.523. The summed E-state index contributed by atoms with van der Waals surface area (Å²) in [6, 6.07) is 11.3. The third-order valence-corrected chi connectivity index (χ3v) is 3.01. The van der Waals surface area contributed by atoms with Crippen molar-refractivity contribution >= 4 is 23.2 Å². The molecule has 5 heteroatoms. The highest BCUT2D eigenvalue weighted by Gasteiger charge is 2.09. The summed E-state index contributed by atoms with van der Waals surface area (Å²) >= 11 is 11.5. The number of hydrogen-bond acceptors (Lipinski definition) is 2. The predicted octanol–water partition coefficient (Wildman–Crippen LogP) is 4.58. The fourth-order valence-electron chi connectivity index (χ4n) is 1.52. The van der Waals surface area contributed by atoms with E-state index in [1.165, 1.54) is 12.1 Å². The van der Waals surface area contributed by atoms with Crippen molar-refractivity contribution in [1.82, 2.24) is 0 Å². The zero-order chi connectivity index (χ0) is 13.8. The van der Waals surface area contributed by atoms with Crippen molar-refractivity contribution in [1.29, 1.82) is 5.26 Å². The van der Waals surface area contributed by atoms with Crippen molar-refractivity contribution in [2.45, 2.75) is 6.61 Å². The molecule has 0 aliphatic carbocycles.